The highest BCUT2D eigenvalue weighted by Gasteiger charge is 2.55. The number of hydrazine groups is 1. The van der Waals surface area contributed by atoms with E-state index in [1.807, 2.05) is 0 Å². The molecular weight excluding hydrogens is 291 g/mol. The second-order valence-electron chi connectivity index (χ2n) is 3.54. The van der Waals surface area contributed by atoms with Crippen molar-refractivity contribution in [1.29, 1.82) is 0 Å². The second-order valence-corrected chi connectivity index (χ2v) is 3.54. The highest BCUT2D eigenvalue weighted by molar-refractivity contribution is 6.07. The third-order valence-corrected chi connectivity index (χ3v) is 2.16. The molecule has 0 saturated carbocycles. The van der Waals surface area contributed by atoms with Crippen molar-refractivity contribution in [3.8, 4) is 0 Å². The van der Waals surface area contributed by atoms with E-state index in [0.29, 0.717) is 6.92 Å². The lowest BCUT2D eigenvalue weighted by Gasteiger charge is -2.31. The van der Waals surface area contributed by atoms with Gasteiger partial charge in [0.1, 0.15) is 0 Å². The maximum absolute atomic E-state index is 14.7. The van der Waals surface area contributed by atoms with Crippen LogP contribution < -0.4 is 5.43 Å². The molecule has 0 radical (unpaired) electrons. The molecule has 21 heavy (non-hydrogen) atoms. The summed E-state index contributed by atoms with van der Waals surface area (Å²) in [4.78, 5) is 46.0. The molecule has 0 rings (SSSR count). The van der Waals surface area contributed by atoms with E-state index in [9.17, 15) is 23.6 Å². The third-order valence-electron chi connectivity index (χ3n) is 2.16. The number of nitrogens with zero attached hydrogens (tertiary/aromatic N) is 1. The molecule has 0 aromatic rings. The van der Waals surface area contributed by atoms with Gasteiger partial charge in [-0.05, 0) is 13.8 Å². The Bertz CT molecular complexity index is 429. The standard InChI is InChI=1S/C11H17FN2O7/c1-5-20-9(17)13-14(10(18)21-6-2)11(12,7(3)15)8(16)19-4/h5-6H2,1-4H3,(H,13,17). The van der Waals surface area contributed by atoms with Crippen molar-refractivity contribution in [3.63, 3.8) is 0 Å². The molecule has 0 aliphatic rings. The number of carbonyl (C=O) groups excluding carboxylic acids is 4. The Hall–Kier alpha value is -2.39. The lowest BCUT2D eigenvalue weighted by Crippen LogP contribution is -2.65. The van der Waals surface area contributed by atoms with Crippen LogP contribution in [-0.4, -0.2) is 55.1 Å². The Kier molecular flexibility index (Phi) is 7.11. The molecule has 0 aliphatic carbocycles. The molecule has 9 nitrogen and oxygen atoms in total. The number of methoxy groups -OCH3 is 1. The zero-order chi connectivity index (χ0) is 16.6. The summed E-state index contributed by atoms with van der Waals surface area (Å²) in [6.45, 7) is 3.31. The number of nitrogens with one attached hydrogen (secondary N) is 1. The second kappa shape index (κ2) is 8.02. The number of rotatable bonds is 5. The molecule has 0 aromatic heterocycles. The molecule has 0 saturated heterocycles. The summed E-state index contributed by atoms with van der Waals surface area (Å²) >= 11 is 0. The van der Waals surface area contributed by atoms with E-state index < -0.39 is 29.7 Å². The van der Waals surface area contributed by atoms with Crippen molar-refractivity contribution < 1.29 is 37.8 Å². The SMILES string of the molecule is CCOC(=O)NN(C(=O)OCC)C(F)(C(C)=O)C(=O)OC. The van der Waals surface area contributed by atoms with Crippen LogP contribution in [0.4, 0.5) is 14.0 Å². The van der Waals surface area contributed by atoms with Gasteiger partial charge >= 0.3 is 23.9 Å². The van der Waals surface area contributed by atoms with E-state index >= 15 is 0 Å². The average Bonchev–Trinajstić information content (AvgIpc) is 2.43. The van der Waals surface area contributed by atoms with Crippen LogP contribution >= 0.6 is 0 Å². The fourth-order valence-electron chi connectivity index (χ4n) is 1.22. The minimum atomic E-state index is -3.58. The van der Waals surface area contributed by atoms with E-state index in [1.165, 1.54) is 13.8 Å². The predicted octanol–water partition coefficient (Wildman–Crippen LogP) is 0.534. The Morgan fingerprint density at radius 1 is 1.14 bits per heavy atom. The summed E-state index contributed by atoms with van der Waals surface area (Å²) in [5.41, 5.74) is 1.64. The molecule has 0 aromatic carbocycles. The largest absolute Gasteiger partial charge is 0.465 e. The van der Waals surface area contributed by atoms with Gasteiger partial charge in [0.2, 0.25) is 5.78 Å². The van der Waals surface area contributed by atoms with E-state index in [4.69, 9.17) is 0 Å². The summed E-state index contributed by atoms with van der Waals surface area (Å²) in [7, 11) is 0.813. The van der Waals surface area contributed by atoms with Crippen LogP contribution in [0.1, 0.15) is 20.8 Å². The molecule has 1 atom stereocenters. The molecule has 1 unspecified atom stereocenters. The van der Waals surface area contributed by atoms with Crippen LogP contribution in [-0.2, 0) is 23.8 Å². The molecule has 0 bridgehead atoms. The van der Waals surface area contributed by atoms with Crippen LogP contribution in [0.25, 0.3) is 0 Å². The van der Waals surface area contributed by atoms with Crippen LogP contribution in [0, 0.1) is 0 Å². The zero-order valence-corrected chi connectivity index (χ0v) is 12.1. The number of alkyl halides is 1. The summed E-state index contributed by atoms with van der Waals surface area (Å²) in [6.07, 6.45) is -2.72. The lowest BCUT2D eigenvalue weighted by atomic mass is 10.1. The average molecular weight is 308 g/mol. The van der Waals surface area contributed by atoms with Crippen molar-refractivity contribution in [2.75, 3.05) is 20.3 Å². The van der Waals surface area contributed by atoms with Gasteiger partial charge in [-0.1, -0.05) is 0 Å². The molecule has 0 fully saturated rings. The molecule has 0 aliphatic heterocycles. The molecule has 120 valence electrons. The van der Waals surface area contributed by atoms with E-state index in [2.05, 4.69) is 14.2 Å². The molecular formula is C11H17FN2O7. The van der Waals surface area contributed by atoms with Crippen LogP contribution in [0.15, 0.2) is 0 Å². The van der Waals surface area contributed by atoms with Crippen LogP contribution in [0.3, 0.4) is 0 Å². The number of hydrogen-bond acceptors (Lipinski definition) is 7. The molecule has 0 spiro atoms. The van der Waals surface area contributed by atoms with Gasteiger partial charge in [0.15, 0.2) is 0 Å². The number of carbonyl (C=O) groups is 4. The Labute approximate surface area is 120 Å². The minimum absolute atomic E-state index is 0.0833. The van der Waals surface area contributed by atoms with Gasteiger partial charge in [0, 0.05) is 6.92 Å². The van der Waals surface area contributed by atoms with Crippen molar-refractivity contribution in [2.45, 2.75) is 26.6 Å². The van der Waals surface area contributed by atoms with Crippen LogP contribution in [0.5, 0.6) is 0 Å². The van der Waals surface area contributed by atoms with Crippen molar-refractivity contribution >= 4 is 23.9 Å². The smallest absolute Gasteiger partial charge is 0.432 e. The Balaban J connectivity index is 5.60. The van der Waals surface area contributed by atoms with Gasteiger partial charge in [0.25, 0.3) is 0 Å². The van der Waals surface area contributed by atoms with E-state index in [-0.39, 0.29) is 18.2 Å². The third kappa shape index (κ3) is 4.29. The van der Waals surface area contributed by atoms with Crippen molar-refractivity contribution in [1.82, 2.24) is 10.4 Å². The Morgan fingerprint density at radius 2 is 1.67 bits per heavy atom. The predicted molar refractivity (Wildman–Crippen MR) is 65.6 cm³/mol. The summed E-state index contributed by atoms with van der Waals surface area (Å²) in [6, 6.07) is 0. The number of hydrogen-bond donors (Lipinski definition) is 1. The normalized spacial score (nSPS) is 12.6. The number of ether oxygens (including phenoxy) is 3. The van der Waals surface area contributed by atoms with Gasteiger partial charge < -0.3 is 14.2 Å². The first-order valence-electron chi connectivity index (χ1n) is 5.94. The van der Waals surface area contributed by atoms with Gasteiger partial charge in [-0.2, -0.15) is 9.40 Å². The molecule has 2 amide bonds. The number of esters is 1. The van der Waals surface area contributed by atoms with Gasteiger partial charge in [0.05, 0.1) is 20.3 Å². The monoisotopic (exact) mass is 308 g/mol. The van der Waals surface area contributed by atoms with Gasteiger partial charge in [-0.3, -0.25) is 4.79 Å². The summed E-state index contributed by atoms with van der Waals surface area (Å²) in [5.74, 6) is -6.66. The first-order valence-corrected chi connectivity index (χ1v) is 5.94. The van der Waals surface area contributed by atoms with Crippen molar-refractivity contribution in [2.24, 2.45) is 0 Å². The molecule has 1 N–H and O–H groups in total. The molecule has 0 heterocycles. The number of Topliss-reactive ketones (excluding diaryl/α,β-unsaturated/α-hetero) is 1. The van der Waals surface area contributed by atoms with Crippen molar-refractivity contribution in [3.05, 3.63) is 0 Å². The minimum Gasteiger partial charge on any atom is -0.465 e. The first-order chi connectivity index (χ1) is 9.75. The highest BCUT2D eigenvalue weighted by Crippen LogP contribution is 2.20. The van der Waals surface area contributed by atoms with Crippen LogP contribution in [0.2, 0.25) is 0 Å². The topological polar surface area (TPSA) is 111 Å². The highest BCUT2D eigenvalue weighted by atomic mass is 19.1. The van der Waals surface area contributed by atoms with E-state index in [0.717, 1.165) is 7.11 Å². The summed E-state index contributed by atoms with van der Waals surface area (Å²) in [5, 5.41) is -0.206. The van der Waals surface area contributed by atoms with Gasteiger partial charge in [-0.25, -0.2) is 19.8 Å². The zero-order valence-electron chi connectivity index (χ0n) is 12.1. The number of ketones is 1. The number of halogens is 1. The maximum Gasteiger partial charge on any atom is 0.432 e. The maximum atomic E-state index is 14.7. The van der Waals surface area contributed by atoms with E-state index in [1.54, 1.807) is 5.43 Å². The fraction of sp³-hybridized carbons (Fsp3) is 0.636. The quantitative estimate of drug-likeness (QED) is 0.259. The number of amides is 2. The lowest BCUT2D eigenvalue weighted by molar-refractivity contribution is -0.175. The summed E-state index contributed by atoms with van der Waals surface area (Å²) < 4.78 is 27.8. The first kappa shape index (κ1) is 18.6. The Morgan fingerprint density at radius 3 is 2.05 bits per heavy atom. The molecule has 10 heteroatoms. The fourth-order valence-corrected chi connectivity index (χ4v) is 1.22. The van der Waals surface area contributed by atoms with Gasteiger partial charge in [-0.15, -0.1) is 0 Å².